The number of amides is 3. The summed E-state index contributed by atoms with van der Waals surface area (Å²) in [7, 11) is 1.84. The van der Waals surface area contributed by atoms with E-state index in [9.17, 15) is 9.59 Å². The van der Waals surface area contributed by atoms with E-state index in [1.54, 1.807) is 4.90 Å². The number of urea groups is 1. The molecule has 0 bridgehead atoms. The van der Waals surface area contributed by atoms with Gasteiger partial charge in [0.2, 0.25) is 0 Å². The molecule has 2 aromatic carbocycles. The van der Waals surface area contributed by atoms with Crippen molar-refractivity contribution < 1.29 is 9.59 Å². The molecule has 0 unspecified atom stereocenters. The first-order valence-corrected chi connectivity index (χ1v) is 12.3. The zero-order valence-electron chi connectivity index (χ0n) is 20.5. The fourth-order valence-electron chi connectivity index (χ4n) is 4.75. The van der Waals surface area contributed by atoms with Gasteiger partial charge in [-0.25, -0.2) is 9.48 Å². The van der Waals surface area contributed by atoms with E-state index in [2.05, 4.69) is 46.6 Å². The van der Waals surface area contributed by atoms with Gasteiger partial charge in [0.15, 0.2) is 5.82 Å². The number of carbonyl (C=O) groups excluding carboxylic acids is 2. The second-order valence-corrected chi connectivity index (χ2v) is 9.75. The van der Waals surface area contributed by atoms with Crippen LogP contribution < -0.4 is 15.5 Å². The Morgan fingerprint density at radius 1 is 1.06 bits per heavy atom. The summed E-state index contributed by atoms with van der Waals surface area (Å²) in [6, 6.07) is 15.5. The Hall–Kier alpha value is -3.81. The van der Waals surface area contributed by atoms with Gasteiger partial charge in [0.1, 0.15) is 5.82 Å². The number of para-hydroxylation sites is 1. The first kappa shape index (κ1) is 23.0. The number of likely N-dealkylation sites (N-methyl/N-ethyl adjacent to an activating group) is 1. The van der Waals surface area contributed by atoms with Crippen LogP contribution >= 0.6 is 0 Å². The van der Waals surface area contributed by atoms with E-state index in [-0.39, 0.29) is 11.9 Å². The Bertz CT molecular complexity index is 1260. The molecule has 2 aliphatic heterocycles. The highest BCUT2D eigenvalue weighted by atomic mass is 16.2. The number of aromatic nitrogens is 2. The van der Waals surface area contributed by atoms with Crippen molar-refractivity contribution in [2.75, 3.05) is 35.7 Å². The van der Waals surface area contributed by atoms with Crippen molar-refractivity contribution >= 4 is 34.9 Å². The molecule has 8 nitrogen and oxygen atoms in total. The smallest absolute Gasteiger partial charge is 0.324 e. The van der Waals surface area contributed by atoms with Crippen LogP contribution in [-0.4, -0.2) is 46.8 Å². The molecule has 35 heavy (non-hydrogen) atoms. The molecule has 8 heteroatoms. The third-order valence-corrected chi connectivity index (χ3v) is 6.76. The molecule has 0 spiro atoms. The molecule has 3 aromatic rings. The number of hydrogen-bond donors (Lipinski definition) is 2. The van der Waals surface area contributed by atoms with Crippen LogP contribution in [0.3, 0.4) is 0 Å². The summed E-state index contributed by atoms with van der Waals surface area (Å²) in [6.07, 6.45) is 2.84. The molecule has 2 N–H and O–H groups in total. The lowest BCUT2D eigenvalue weighted by atomic mass is 9.98. The molecule has 3 amide bonds. The molecule has 0 saturated carbocycles. The second-order valence-electron chi connectivity index (χ2n) is 9.75. The quantitative estimate of drug-likeness (QED) is 0.535. The maximum Gasteiger partial charge on any atom is 0.324 e. The van der Waals surface area contributed by atoms with Crippen LogP contribution in [0.25, 0.3) is 0 Å². The Morgan fingerprint density at radius 2 is 1.89 bits per heavy atom. The molecule has 5 rings (SSSR count). The molecule has 2 aliphatic rings. The summed E-state index contributed by atoms with van der Waals surface area (Å²) in [6.45, 7) is 6.66. The van der Waals surface area contributed by atoms with Crippen molar-refractivity contribution in [3.8, 4) is 0 Å². The van der Waals surface area contributed by atoms with Crippen molar-refractivity contribution in [2.45, 2.75) is 39.7 Å². The summed E-state index contributed by atoms with van der Waals surface area (Å²) in [5.41, 5.74) is 4.86. The number of benzene rings is 2. The maximum atomic E-state index is 12.7. The number of carbonyl (C=O) groups is 2. The molecule has 182 valence electrons. The van der Waals surface area contributed by atoms with Crippen LogP contribution in [0.1, 0.15) is 41.8 Å². The summed E-state index contributed by atoms with van der Waals surface area (Å²) >= 11 is 0. The van der Waals surface area contributed by atoms with Crippen molar-refractivity contribution in [1.82, 2.24) is 14.7 Å². The monoisotopic (exact) mass is 472 g/mol. The summed E-state index contributed by atoms with van der Waals surface area (Å²) in [5, 5.41) is 10.5. The molecular formula is C27H32N6O2. The van der Waals surface area contributed by atoms with E-state index in [0.717, 1.165) is 72.8 Å². The minimum Gasteiger partial charge on any atom is -0.341 e. The molecule has 0 radical (unpaired) electrons. The number of rotatable bonds is 6. The van der Waals surface area contributed by atoms with Crippen molar-refractivity contribution in [1.29, 1.82) is 0 Å². The normalized spacial score (nSPS) is 14.8. The average molecular weight is 473 g/mol. The van der Waals surface area contributed by atoms with Gasteiger partial charge in [-0.3, -0.25) is 10.1 Å². The molecular weight excluding hydrogens is 440 g/mol. The fourth-order valence-corrected chi connectivity index (χ4v) is 4.75. The van der Waals surface area contributed by atoms with E-state index in [4.69, 9.17) is 0 Å². The fraction of sp³-hybridized carbons (Fsp3) is 0.370. The van der Waals surface area contributed by atoms with Gasteiger partial charge in [0, 0.05) is 43.1 Å². The number of fused-ring (bicyclic) bond motifs is 2. The van der Waals surface area contributed by atoms with Crippen molar-refractivity contribution in [2.24, 2.45) is 5.92 Å². The van der Waals surface area contributed by atoms with E-state index >= 15 is 0 Å². The van der Waals surface area contributed by atoms with E-state index in [0.29, 0.717) is 11.7 Å². The largest absolute Gasteiger partial charge is 0.341 e. The molecule has 3 heterocycles. The Kier molecular flexibility index (Phi) is 6.19. The van der Waals surface area contributed by atoms with Crippen LogP contribution in [0, 0.1) is 5.92 Å². The van der Waals surface area contributed by atoms with Gasteiger partial charge in [0.25, 0.3) is 5.91 Å². The highest BCUT2D eigenvalue weighted by molar-refractivity contribution is 6.00. The Labute approximate surface area is 205 Å². The molecule has 0 fully saturated rings. The predicted molar refractivity (Wildman–Crippen MR) is 139 cm³/mol. The van der Waals surface area contributed by atoms with E-state index in [1.165, 1.54) is 0 Å². The molecule has 1 aromatic heterocycles. The highest BCUT2D eigenvalue weighted by Gasteiger charge is 2.26. The maximum absolute atomic E-state index is 12.7. The summed E-state index contributed by atoms with van der Waals surface area (Å²) in [5.74, 6) is 2.12. The standard InChI is InChI=1S/C27H32N6O2/c1-18(2)8-9-19-6-4-5-7-23(19)28-27(35)29-24-17-25-32(14-15-33(25)30-24)21-10-11-22-20(16-21)12-13-31(3)26(22)34/h4-7,10-11,16-18H,8-9,12-15H2,1-3H3,(H2,28,29,30,35). The lowest BCUT2D eigenvalue weighted by Crippen LogP contribution is -2.34. The van der Waals surface area contributed by atoms with Gasteiger partial charge in [-0.15, -0.1) is 0 Å². The molecule has 0 aliphatic carbocycles. The van der Waals surface area contributed by atoms with Crippen LogP contribution in [-0.2, 0) is 19.4 Å². The third-order valence-electron chi connectivity index (χ3n) is 6.76. The van der Waals surface area contributed by atoms with Crippen LogP contribution in [0.5, 0.6) is 0 Å². The van der Waals surface area contributed by atoms with E-state index in [1.807, 2.05) is 48.1 Å². The number of anilines is 4. The van der Waals surface area contributed by atoms with E-state index < -0.39 is 0 Å². The minimum atomic E-state index is -0.304. The lowest BCUT2D eigenvalue weighted by Gasteiger charge is -2.26. The second kappa shape index (κ2) is 9.44. The van der Waals surface area contributed by atoms with Gasteiger partial charge in [0.05, 0.1) is 6.54 Å². The summed E-state index contributed by atoms with van der Waals surface area (Å²) in [4.78, 5) is 29.1. The number of aryl methyl sites for hydroxylation is 1. The van der Waals surface area contributed by atoms with Crippen molar-refractivity contribution in [3.05, 3.63) is 65.2 Å². The van der Waals surface area contributed by atoms with Gasteiger partial charge in [-0.05, 0) is 60.6 Å². The van der Waals surface area contributed by atoms with Gasteiger partial charge < -0.3 is 15.1 Å². The van der Waals surface area contributed by atoms with Gasteiger partial charge in [-0.2, -0.15) is 5.10 Å². The predicted octanol–water partition coefficient (Wildman–Crippen LogP) is 4.90. The van der Waals surface area contributed by atoms with Crippen LogP contribution in [0.15, 0.2) is 48.5 Å². The zero-order chi connectivity index (χ0) is 24.5. The van der Waals surface area contributed by atoms with Gasteiger partial charge >= 0.3 is 6.03 Å². The van der Waals surface area contributed by atoms with Crippen molar-refractivity contribution in [3.63, 3.8) is 0 Å². The first-order chi connectivity index (χ1) is 16.9. The molecule has 0 atom stereocenters. The lowest BCUT2D eigenvalue weighted by molar-refractivity contribution is 0.0781. The topological polar surface area (TPSA) is 82.5 Å². The Balaban J connectivity index is 1.28. The number of nitrogens with one attached hydrogen (secondary N) is 2. The zero-order valence-corrected chi connectivity index (χ0v) is 20.5. The summed E-state index contributed by atoms with van der Waals surface area (Å²) < 4.78 is 1.91. The van der Waals surface area contributed by atoms with Crippen LogP contribution in [0.4, 0.5) is 27.8 Å². The minimum absolute atomic E-state index is 0.0764. The molecule has 0 saturated heterocycles. The highest BCUT2D eigenvalue weighted by Crippen LogP contribution is 2.34. The Morgan fingerprint density at radius 3 is 2.71 bits per heavy atom. The number of nitrogens with zero attached hydrogens (tertiary/aromatic N) is 4. The average Bonchev–Trinajstić information content (AvgIpc) is 3.41. The SMILES string of the molecule is CC(C)CCc1ccccc1NC(=O)Nc1cc2n(n1)CCN2c1ccc2c(c1)CCN(C)C2=O. The third kappa shape index (κ3) is 4.73. The van der Waals surface area contributed by atoms with Crippen LogP contribution in [0.2, 0.25) is 0 Å². The number of hydrogen-bond acceptors (Lipinski definition) is 4. The van der Waals surface area contributed by atoms with Gasteiger partial charge in [-0.1, -0.05) is 32.0 Å². The first-order valence-electron chi connectivity index (χ1n) is 12.3.